The Morgan fingerprint density at radius 3 is 2.39 bits per heavy atom. The van der Waals surface area contributed by atoms with Crippen molar-refractivity contribution in [3.05, 3.63) is 101 Å². The van der Waals surface area contributed by atoms with Crippen molar-refractivity contribution in [2.24, 2.45) is 0 Å². The Hall–Kier alpha value is -3.65. The number of nitrogens with zero attached hydrogens (tertiary/aromatic N) is 1. The third-order valence-corrected chi connectivity index (χ3v) is 4.21. The van der Waals surface area contributed by atoms with E-state index in [0.29, 0.717) is 17.7 Å². The second-order valence-corrected chi connectivity index (χ2v) is 6.24. The molecule has 0 aliphatic rings. The smallest absolute Gasteiger partial charge is 0.259 e. The predicted octanol–water partition coefficient (Wildman–Crippen LogP) is 4.18. The summed E-state index contributed by atoms with van der Waals surface area (Å²) >= 11 is 0. The topological polar surface area (TPSA) is 62.1 Å². The molecule has 0 heterocycles. The minimum atomic E-state index is -0.865. The molecular weight excluding hydrogens is 355 g/mol. The molecule has 0 bridgehead atoms. The SMILES string of the molecule is N#C[C@H](NC(=O)COc1ccccc1Cc1ccccc1)c1ccc(F)cc1. The minimum absolute atomic E-state index is 0.217. The number of benzene rings is 3. The van der Waals surface area contributed by atoms with E-state index in [4.69, 9.17) is 4.74 Å². The summed E-state index contributed by atoms with van der Waals surface area (Å²) in [6.45, 7) is -0.217. The highest BCUT2D eigenvalue weighted by molar-refractivity contribution is 5.78. The van der Waals surface area contributed by atoms with Crippen LogP contribution in [0.25, 0.3) is 0 Å². The van der Waals surface area contributed by atoms with Crippen molar-refractivity contribution in [3.63, 3.8) is 0 Å². The lowest BCUT2D eigenvalue weighted by molar-refractivity contribution is -0.123. The van der Waals surface area contributed by atoms with E-state index in [1.807, 2.05) is 60.7 Å². The number of rotatable bonds is 7. The molecule has 1 atom stereocenters. The summed E-state index contributed by atoms with van der Waals surface area (Å²) in [5.74, 6) is -0.202. The predicted molar refractivity (Wildman–Crippen MR) is 104 cm³/mol. The monoisotopic (exact) mass is 374 g/mol. The van der Waals surface area contributed by atoms with E-state index >= 15 is 0 Å². The fraction of sp³-hybridized carbons (Fsp3) is 0.130. The van der Waals surface area contributed by atoms with Gasteiger partial charge in [-0.2, -0.15) is 5.26 Å². The number of amides is 1. The van der Waals surface area contributed by atoms with Gasteiger partial charge in [-0.1, -0.05) is 60.7 Å². The van der Waals surface area contributed by atoms with Crippen molar-refractivity contribution in [1.29, 1.82) is 5.26 Å². The maximum atomic E-state index is 13.0. The van der Waals surface area contributed by atoms with Crippen LogP contribution in [0.2, 0.25) is 0 Å². The van der Waals surface area contributed by atoms with Crippen LogP contribution in [0.15, 0.2) is 78.9 Å². The van der Waals surface area contributed by atoms with Crippen LogP contribution in [0, 0.1) is 17.1 Å². The van der Waals surface area contributed by atoms with Crippen LogP contribution in [-0.2, 0) is 11.2 Å². The molecule has 1 N–H and O–H groups in total. The van der Waals surface area contributed by atoms with Gasteiger partial charge in [0.25, 0.3) is 5.91 Å². The van der Waals surface area contributed by atoms with Crippen molar-refractivity contribution in [2.45, 2.75) is 12.5 Å². The number of carbonyl (C=O) groups is 1. The van der Waals surface area contributed by atoms with Crippen molar-refractivity contribution in [1.82, 2.24) is 5.32 Å². The Morgan fingerprint density at radius 1 is 1.00 bits per heavy atom. The van der Waals surface area contributed by atoms with Gasteiger partial charge >= 0.3 is 0 Å². The molecule has 5 heteroatoms. The number of ether oxygens (including phenoxy) is 1. The van der Waals surface area contributed by atoms with Crippen molar-refractivity contribution >= 4 is 5.91 Å². The van der Waals surface area contributed by atoms with Gasteiger partial charge in [-0.3, -0.25) is 4.79 Å². The zero-order valence-corrected chi connectivity index (χ0v) is 15.1. The fourth-order valence-electron chi connectivity index (χ4n) is 2.80. The number of hydrogen-bond acceptors (Lipinski definition) is 3. The summed E-state index contributed by atoms with van der Waals surface area (Å²) in [5.41, 5.74) is 2.63. The first-order chi connectivity index (χ1) is 13.7. The number of para-hydroxylation sites is 1. The maximum Gasteiger partial charge on any atom is 0.259 e. The van der Waals surface area contributed by atoms with Gasteiger partial charge in [0.1, 0.15) is 17.6 Å². The summed E-state index contributed by atoms with van der Waals surface area (Å²) < 4.78 is 18.7. The van der Waals surface area contributed by atoms with Crippen LogP contribution in [0.3, 0.4) is 0 Å². The molecule has 0 aromatic heterocycles. The first-order valence-corrected chi connectivity index (χ1v) is 8.85. The Kier molecular flexibility index (Phi) is 6.37. The van der Waals surface area contributed by atoms with E-state index < -0.39 is 17.8 Å². The average Bonchev–Trinajstić information content (AvgIpc) is 2.73. The van der Waals surface area contributed by atoms with E-state index in [9.17, 15) is 14.4 Å². The largest absolute Gasteiger partial charge is 0.483 e. The maximum absolute atomic E-state index is 13.0. The molecule has 0 saturated carbocycles. The van der Waals surface area contributed by atoms with Gasteiger partial charge in [0.2, 0.25) is 0 Å². The quantitative estimate of drug-likeness (QED) is 0.675. The van der Waals surface area contributed by atoms with Gasteiger partial charge in [-0.25, -0.2) is 4.39 Å². The van der Waals surface area contributed by atoms with E-state index in [1.165, 1.54) is 24.3 Å². The summed E-state index contributed by atoms with van der Waals surface area (Å²) in [5, 5.41) is 11.9. The average molecular weight is 374 g/mol. The van der Waals surface area contributed by atoms with E-state index in [1.54, 1.807) is 0 Å². The lowest BCUT2D eigenvalue weighted by atomic mass is 10.0. The molecule has 0 spiro atoms. The first kappa shape index (κ1) is 19.1. The molecule has 3 aromatic carbocycles. The first-order valence-electron chi connectivity index (χ1n) is 8.85. The summed E-state index contributed by atoms with van der Waals surface area (Å²) in [7, 11) is 0. The van der Waals surface area contributed by atoms with E-state index in [0.717, 1.165) is 11.1 Å². The van der Waals surface area contributed by atoms with Gasteiger partial charge in [-0.15, -0.1) is 0 Å². The second kappa shape index (κ2) is 9.33. The zero-order chi connectivity index (χ0) is 19.8. The number of nitrogens with one attached hydrogen (secondary N) is 1. The van der Waals surface area contributed by atoms with Gasteiger partial charge in [0, 0.05) is 6.42 Å². The molecule has 0 radical (unpaired) electrons. The van der Waals surface area contributed by atoms with Crippen LogP contribution >= 0.6 is 0 Å². The molecule has 3 rings (SSSR count). The number of nitriles is 1. The van der Waals surface area contributed by atoms with Gasteiger partial charge < -0.3 is 10.1 Å². The molecule has 0 fully saturated rings. The highest BCUT2D eigenvalue weighted by Crippen LogP contribution is 2.21. The summed E-state index contributed by atoms with van der Waals surface area (Å²) in [6, 6.07) is 24.1. The van der Waals surface area contributed by atoms with Crippen LogP contribution in [0.5, 0.6) is 5.75 Å². The van der Waals surface area contributed by atoms with Crippen LogP contribution < -0.4 is 10.1 Å². The Balaban J connectivity index is 1.61. The molecule has 28 heavy (non-hydrogen) atoms. The standard InChI is InChI=1S/C23H19FN2O2/c24-20-12-10-18(11-13-20)21(15-25)26-23(27)16-28-22-9-5-4-8-19(22)14-17-6-2-1-3-7-17/h1-13,21H,14,16H2,(H,26,27)/t21-/m0/s1. The Bertz CT molecular complexity index is 966. The van der Waals surface area contributed by atoms with Crippen molar-refractivity contribution in [3.8, 4) is 11.8 Å². The lowest BCUT2D eigenvalue weighted by Gasteiger charge is -2.14. The highest BCUT2D eigenvalue weighted by Gasteiger charge is 2.15. The van der Waals surface area contributed by atoms with E-state index in [-0.39, 0.29) is 6.61 Å². The van der Waals surface area contributed by atoms with Gasteiger partial charge in [-0.05, 0) is 34.9 Å². The molecule has 0 aliphatic heterocycles. The molecule has 3 aromatic rings. The molecule has 0 saturated heterocycles. The summed E-state index contributed by atoms with van der Waals surface area (Å²) in [4.78, 5) is 12.2. The molecule has 140 valence electrons. The molecule has 0 aliphatic carbocycles. The normalized spacial score (nSPS) is 11.3. The van der Waals surface area contributed by atoms with E-state index in [2.05, 4.69) is 5.32 Å². The zero-order valence-electron chi connectivity index (χ0n) is 15.1. The van der Waals surface area contributed by atoms with Gasteiger partial charge in [0.05, 0.1) is 6.07 Å². The number of carbonyl (C=O) groups excluding carboxylic acids is 1. The van der Waals surface area contributed by atoms with Crippen molar-refractivity contribution < 1.29 is 13.9 Å². The third kappa shape index (κ3) is 5.18. The van der Waals surface area contributed by atoms with Gasteiger partial charge in [0.15, 0.2) is 6.61 Å². The number of halogens is 1. The molecule has 0 unspecified atom stereocenters. The molecule has 1 amide bonds. The highest BCUT2D eigenvalue weighted by atomic mass is 19.1. The second-order valence-electron chi connectivity index (χ2n) is 6.24. The van der Waals surface area contributed by atoms with Crippen LogP contribution in [-0.4, -0.2) is 12.5 Å². The van der Waals surface area contributed by atoms with Crippen LogP contribution in [0.1, 0.15) is 22.7 Å². The van der Waals surface area contributed by atoms with Crippen molar-refractivity contribution in [2.75, 3.05) is 6.61 Å². The van der Waals surface area contributed by atoms with Crippen LogP contribution in [0.4, 0.5) is 4.39 Å². The lowest BCUT2D eigenvalue weighted by Crippen LogP contribution is -2.32. The fourth-order valence-corrected chi connectivity index (χ4v) is 2.80. The third-order valence-electron chi connectivity index (χ3n) is 4.21. The number of hydrogen-bond donors (Lipinski definition) is 1. The molecular formula is C23H19FN2O2. The minimum Gasteiger partial charge on any atom is -0.483 e. The summed E-state index contributed by atoms with van der Waals surface area (Å²) in [6.07, 6.45) is 0.690. The Labute approximate surface area is 163 Å². The Morgan fingerprint density at radius 2 is 1.68 bits per heavy atom. The molecule has 4 nitrogen and oxygen atoms in total.